The van der Waals surface area contributed by atoms with Crippen LogP contribution in [0.5, 0.6) is 0 Å². The highest BCUT2D eigenvalue weighted by atomic mass is 19.1. The molecule has 2 N–H and O–H groups in total. The van der Waals surface area contributed by atoms with Gasteiger partial charge in [0.1, 0.15) is 17.3 Å². The highest BCUT2D eigenvalue weighted by Gasteiger charge is 2.13. The van der Waals surface area contributed by atoms with Gasteiger partial charge in [-0.3, -0.25) is 0 Å². The minimum Gasteiger partial charge on any atom is -0.464 e. The number of anilines is 1. The number of carbonyl (C=O) groups is 1. The molecule has 0 bridgehead atoms. The number of rotatable bonds is 3. The zero-order valence-electron chi connectivity index (χ0n) is 11.7. The van der Waals surface area contributed by atoms with Crippen LogP contribution in [0.3, 0.4) is 0 Å². The van der Waals surface area contributed by atoms with E-state index in [1.54, 1.807) is 6.92 Å². The van der Waals surface area contributed by atoms with Gasteiger partial charge in [0.2, 0.25) is 0 Å². The molecule has 4 nitrogen and oxygen atoms in total. The normalized spacial score (nSPS) is 12.0. The average molecular weight is 276 g/mol. The zero-order chi connectivity index (χ0) is 14.7. The molecule has 2 amide bonds. The first-order valence-corrected chi connectivity index (χ1v) is 6.35. The lowest BCUT2D eigenvalue weighted by molar-refractivity contribution is 0.247. The number of amides is 2. The average Bonchev–Trinajstić information content (AvgIpc) is 2.79. The fraction of sp³-hybridized carbons (Fsp3) is 0.267. The van der Waals surface area contributed by atoms with E-state index in [9.17, 15) is 9.18 Å². The first-order valence-electron chi connectivity index (χ1n) is 6.35. The second-order valence-electron chi connectivity index (χ2n) is 4.73. The number of hydrogen-bond acceptors (Lipinski definition) is 2. The Kier molecular flexibility index (Phi) is 4.08. The number of aryl methyl sites for hydroxylation is 2. The van der Waals surface area contributed by atoms with Crippen molar-refractivity contribution in [2.45, 2.75) is 26.8 Å². The van der Waals surface area contributed by atoms with Crippen LogP contribution in [-0.2, 0) is 0 Å². The van der Waals surface area contributed by atoms with Crippen molar-refractivity contribution in [3.63, 3.8) is 0 Å². The van der Waals surface area contributed by atoms with Crippen LogP contribution < -0.4 is 10.6 Å². The third-order valence-electron chi connectivity index (χ3n) is 2.97. The zero-order valence-corrected chi connectivity index (χ0v) is 11.7. The molecule has 5 heteroatoms. The van der Waals surface area contributed by atoms with Gasteiger partial charge >= 0.3 is 6.03 Å². The van der Waals surface area contributed by atoms with Crippen molar-refractivity contribution in [2.24, 2.45) is 0 Å². The van der Waals surface area contributed by atoms with Crippen molar-refractivity contribution in [3.05, 3.63) is 53.2 Å². The van der Waals surface area contributed by atoms with Crippen LogP contribution in [0.2, 0.25) is 0 Å². The highest BCUT2D eigenvalue weighted by Crippen LogP contribution is 2.18. The summed E-state index contributed by atoms with van der Waals surface area (Å²) in [7, 11) is 0. The maximum absolute atomic E-state index is 13.0. The minimum absolute atomic E-state index is 0.246. The van der Waals surface area contributed by atoms with E-state index in [1.807, 2.05) is 26.0 Å². The molecule has 0 unspecified atom stereocenters. The molecule has 1 aromatic carbocycles. The molecule has 20 heavy (non-hydrogen) atoms. The Hall–Kier alpha value is -2.30. The summed E-state index contributed by atoms with van der Waals surface area (Å²) in [5.74, 6) is 1.16. The maximum atomic E-state index is 13.0. The first kappa shape index (κ1) is 14.1. The Balaban J connectivity index is 1.98. The van der Waals surface area contributed by atoms with Gasteiger partial charge in [-0.2, -0.15) is 0 Å². The molecule has 106 valence electrons. The summed E-state index contributed by atoms with van der Waals surface area (Å²) in [5, 5.41) is 5.45. The van der Waals surface area contributed by atoms with E-state index in [2.05, 4.69) is 10.6 Å². The predicted molar refractivity (Wildman–Crippen MR) is 75.2 cm³/mol. The molecule has 2 rings (SSSR count). The van der Waals surface area contributed by atoms with Gasteiger partial charge in [0.15, 0.2) is 0 Å². The largest absolute Gasteiger partial charge is 0.464 e. The molecule has 1 atom stereocenters. The van der Waals surface area contributed by atoms with Gasteiger partial charge in [-0.1, -0.05) is 0 Å². The van der Waals surface area contributed by atoms with Crippen molar-refractivity contribution >= 4 is 11.7 Å². The molecule has 0 saturated carbocycles. The molecule has 0 aliphatic rings. The predicted octanol–water partition coefficient (Wildman–Crippen LogP) is 3.92. The van der Waals surface area contributed by atoms with Crippen molar-refractivity contribution < 1.29 is 13.6 Å². The summed E-state index contributed by atoms with van der Waals surface area (Å²) in [5.41, 5.74) is 1.24. The molecule has 2 aromatic rings. The van der Waals surface area contributed by atoms with Gasteiger partial charge in [0, 0.05) is 5.69 Å². The van der Waals surface area contributed by atoms with E-state index in [-0.39, 0.29) is 17.9 Å². The van der Waals surface area contributed by atoms with Crippen LogP contribution in [0.1, 0.15) is 30.0 Å². The number of halogens is 1. The van der Waals surface area contributed by atoms with Crippen LogP contribution in [-0.4, -0.2) is 6.03 Å². The second-order valence-corrected chi connectivity index (χ2v) is 4.73. The Bertz CT molecular complexity index is 622. The van der Waals surface area contributed by atoms with Crippen LogP contribution in [0.25, 0.3) is 0 Å². The summed E-state index contributed by atoms with van der Waals surface area (Å²) in [6.45, 7) is 5.41. The lowest BCUT2D eigenvalue weighted by Gasteiger charge is -2.13. The van der Waals surface area contributed by atoms with Crippen LogP contribution in [0.15, 0.2) is 34.7 Å². The van der Waals surface area contributed by atoms with Crippen LogP contribution in [0, 0.1) is 19.7 Å². The Labute approximate surface area is 117 Å². The molecule has 1 heterocycles. The molecule has 0 aliphatic carbocycles. The number of furan rings is 1. The van der Waals surface area contributed by atoms with E-state index in [4.69, 9.17) is 4.42 Å². The van der Waals surface area contributed by atoms with Crippen LogP contribution >= 0.6 is 0 Å². The van der Waals surface area contributed by atoms with E-state index in [0.717, 1.165) is 5.76 Å². The number of nitrogens with one attached hydrogen (secondary N) is 2. The van der Waals surface area contributed by atoms with E-state index in [0.29, 0.717) is 17.0 Å². The van der Waals surface area contributed by atoms with Crippen molar-refractivity contribution in [1.82, 2.24) is 5.32 Å². The van der Waals surface area contributed by atoms with Crippen molar-refractivity contribution in [3.8, 4) is 0 Å². The van der Waals surface area contributed by atoms with Crippen molar-refractivity contribution in [1.29, 1.82) is 0 Å². The third-order valence-corrected chi connectivity index (χ3v) is 2.97. The molecular formula is C15H17FN2O2. The van der Waals surface area contributed by atoms with Gasteiger partial charge in [-0.05, 0) is 56.7 Å². The molecule has 0 radical (unpaired) electrons. The first-order chi connectivity index (χ1) is 9.45. The van der Waals surface area contributed by atoms with Crippen LogP contribution in [0.4, 0.5) is 14.9 Å². The Morgan fingerprint density at radius 1 is 1.25 bits per heavy atom. The topological polar surface area (TPSA) is 54.3 Å². The smallest absolute Gasteiger partial charge is 0.319 e. The fourth-order valence-corrected chi connectivity index (χ4v) is 1.88. The molecule has 1 aromatic heterocycles. The Morgan fingerprint density at radius 2 is 2.00 bits per heavy atom. The molecule has 0 saturated heterocycles. The lowest BCUT2D eigenvalue weighted by Crippen LogP contribution is -2.31. The lowest BCUT2D eigenvalue weighted by atomic mass is 10.2. The number of carbonyl (C=O) groups excluding carboxylic acids is 1. The van der Waals surface area contributed by atoms with Gasteiger partial charge in [0.05, 0.1) is 6.04 Å². The standard InChI is InChI=1S/C15H17FN2O2/c1-9-8-12(16)5-6-13(9)18-15(19)17-11(3)14-7-4-10(2)20-14/h4-8,11H,1-3H3,(H2,17,18,19)/t11-/m1/s1. The number of urea groups is 1. The van der Waals surface area contributed by atoms with E-state index < -0.39 is 0 Å². The third kappa shape index (κ3) is 3.38. The summed E-state index contributed by atoms with van der Waals surface area (Å²) in [6, 6.07) is 7.27. The SMILES string of the molecule is Cc1ccc([C@@H](C)NC(=O)Nc2ccc(F)cc2C)o1. The summed E-state index contributed by atoms with van der Waals surface area (Å²) in [6.07, 6.45) is 0. The summed E-state index contributed by atoms with van der Waals surface area (Å²) < 4.78 is 18.4. The number of hydrogen-bond donors (Lipinski definition) is 2. The summed E-state index contributed by atoms with van der Waals surface area (Å²) in [4.78, 5) is 11.9. The quantitative estimate of drug-likeness (QED) is 0.892. The Morgan fingerprint density at radius 3 is 2.60 bits per heavy atom. The fourth-order valence-electron chi connectivity index (χ4n) is 1.88. The second kappa shape index (κ2) is 5.77. The highest BCUT2D eigenvalue weighted by molar-refractivity contribution is 5.90. The van der Waals surface area contributed by atoms with Gasteiger partial charge < -0.3 is 15.1 Å². The minimum atomic E-state index is -0.360. The number of benzene rings is 1. The van der Waals surface area contributed by atoms with Gasteiger partial charge in [0.25, 0.3) is 0 Å². The molecular weight excluding hydrogens is 259 g/mol. The van der Waals surface area contributed by atoms with E-state index in [1.165, 1.54) is 18.2 Å². The molecule has 0 aliphatic heterocycles. The molecule has 0 fully saturated rings. The van der Waals surface area contributed by atoms with E-state index >= 15 is 0 Å². The summed E-state index contributed by atoms with van der Waals surface area (Å²) >= 11 is 0. The van der Waals surface area contributed by atoms with Crippen molar-refractivity contribution in [2.75, 3.05) is 5.32 Å². The monoisotopic (exact) mass is 276 g/mol. The molecule has 0 spiro atoms. The maximum Gasteiger partial charge on any atom is 0.319 e. The van der Waals surface area contributed by atoms with Gasteiger partial charge in [-0.25, -0.2) is 9.18 Å². The van der Waals surface area contributed by atoms with Gasteiger partial charge in [-0.15, -0.1) is 0 Å².